The first kappa shape index (κ1) is 27.0. The summed E-state index contributed by atoms with van der Waals surface area (Å²) in [4.78, 5) is 9.46. The van der Waals surface area contributed by atoms with Crippen molar-refractivity contribution in [2.75, 3.05) is 7.11 Å². The first-order valence-corrected chi connectivity index (χ1v) is 14.6. The van der Waals surface area contributed by atoms with Crippen LogP contribution in [0.1, 0.15) is 16.7 Å². The van der Waals surface area contributed by atoms with Crippen LogP contribution in [-0.2, 0) is 5.54 Å². The van der Waals surface area contributed by atoms with Crippen LogP contribution in [0, 0.1) is 0 Å². The largest absolute Gasteiger partial charge is 0.497 e. The van der Waals surface area contributed by atoms with Gasteiger partial charge in [0, 0.05) is 29.7 Å². The molecule has 4 aromatic carbocycles. The molecule has 3 heterocycles. The van der Waals surface area contributed by atoms with Crippen LogP contribution in [0.25, 0.3) is 33.8 Å². The van der Waals surface area contributed by atoms with Crippen molar-refractivity contribution in [3.05, 3.63) is 181 Å². The van der Waals surface area contributed by atoms with Crippen LogP contribution >= 0.6 is 0 Å². The third-order valence-electron chi connectivity index (χ3n) is 7.98. The smallest absolute Gasteiger partial charge is 0.138 e. The monoisotopic (exact) mass is 570 g/mol. The number of rotatable bonds is 8. The zero-order valence-electron chi connectivity index (χ0n) is 24.3. The maximum absolute atomic E-state index is 5.49. The molecule has 0 fully saturated rings. The summed E-state index contributed by atoms with van der Waals surface area (Å²) in [6, 6.07) is 49.8. The highest BCUT2D eigenvalue weighted by Crippen LogP contribution is 2.43. The molecule has 0 aliphatic heterocycles. The number of ether oxygens (including phenoxy) is 1. The Morgan fingerprint density at radius 1 is 0.545 bits per heavy atom. The minimum absolute atomic E-state index is 0.756. The lowest BCUT2D eigenvalue weighted by molar-refractivity contribution is 0.415. The third kappa shape index (κ3) is 4.84. The molecule has 212 valence electrons. The standard InChI is InChI=1S/C39H30N4O/c1-44-34-21-13-14-30(26-34)37-27-29(23-25-41-37)35-28-43(42-38(35)36-22-11-12-24-40-36)39(31-15-5-2-6-16-31,32-17-7-3-8-18-32)33-19-9-4-10-20-33/h2-28H,1H3. The van der Waals surface area contributed by atoms with E-state index in [-0.39, 0.29) is 0 Å². The highest BCUT2D eigenvalue weighted by atomic mass is 16.5. The highest BCUT2D eigenvalue weighted by molar-refractivity contribution is 5.81. The number of aromatic nitrogens is 4. The first-order valence-electron chi connectivity index (χ1n) is 14.6. The van der Waals surface area contributed by atoms with Crippen LogP contribution < -0.4 is 4.74 Å². The van der Waals surface area contributed by atoms with E-state index in [9.17, 15) is 0 Å². The van der Waals surface area contributed by atoms with Gasteiger partial charge in [0.1, 0.15) is 17.0 Å². The van der Waals surface area contributed by atoms with E-state index >= 15 is 0 Å². The zero-order chi connectivity index (χ0) is 29.8. The molecule has 0 bridgehead atoms. The Morgan fingerprint density at radius 3 is 1.75 bits per heavy atom. The quantitative estimate of drug-likeness (QED) is 0.172. The minimum Gasteiger partial charge on any atom is -0.497 e. The average Bonchev–Trinajstić information content (AvgIpc) is 3.56. The van der Waals surface area contributed by atoms with Crippen LogP contribution in [0.15, 0.2) is 164 Å². The van der Waals surface area contributed by atoms with Gasteiger partial charge in [0.05, 0.1) is 18.5 Å². The fourth-order valence-corrected chi connectivity index (χ4v) is 5.92. The van der Waals surface area contributed by atoms with Crippen molar-refractivity contribution in [2.45, 2.75) is 5.54 Å². The van der Waals surface area contributed by atoms with Crippen molar-refractivity contribution in [1.82, 2.24) is 19.7 Å². The van der Waals surface area contributed by atoms with E-state index in [0.29, 0.717) is 0 Å². The number of methoxy groups -OCH3 is 1. The van der Waals surface area contributed by atoms with Crippen LogP contribution in [0.3, 0.4) is 0 Å². The van der Waals surface area contributed by atoms with Gasteiger partial charge in [-0.05, 0) is 58.7 Å². The lowest BCUT2D eigenvalue weighted by Crippen LogP contribution is -2.38. The molecule has 3 aromatic heterocycles. The second kappa shape index (κ2) is 11.8. The lowest BCUT2D eigenvalue weighted by atomic mass is 9.77. The van der Waals surface area contributed by atoms with Gasteiger partial charge in [-0.25, -0.2) is 0 Å². The van der Waals surface area contributed by atoms with Crippen LogP contribution in [0.4, 0.5) is 0 Å². The molecule has 0 N–H and O–H groups in total. The van der Waals surface area contributed by atoms with Gasteiger partial charge in [0.25, 0.3) is 0 Å². The zero-order valence-corrected chi connectivity index (χ0v) is 24.3. The van der Waals surface area contributed by atoms with E-state index in [0.717, 1.165) is 56.2 Å². The Bertz CT molecular complexity index is 1890. The Balaban J connectivity index is 1.52. The van der Waals surface area contributed by atoms with E-state index < -0.39 is 5.54 Å². The number of benzene rings is 4. The van der Waals surface area contributed by atoms with Crippen molar-refractivity contribution in [3.63, 3.8) is 0 Å². The van der Waals surface area contributed by atoms with Gasteiger partial charge < -0.3 is 4.74 Å². The molecule has 5 heteroatoms. The first-order chi connectivity index (χ1) is 21.8. The fourth-order valence-electron chi connectivity index (χ4n) is 5.92. The molecular formula is C39H30N4O. The molecular weight excluding hydrogens is 540 g/mol. The van der Waals surface area contributed by atoms with Gasteiger partial charge >= 0.3 is 0 Å². The van der Waals surface area contributed by atoms with Crippen LogP contribution in [0.2, 0.25) is 0 Å². The van der Waals surface area contributed by atoms with Gasteiger partial charge in [-0.2, -0.15) is 5.10 Å². The van der Waals surface area contributed by atoms with Crippen molar-refractivity contribution in [3.8, 4) is 39.5 Å². The number of nitrogens with zero attached hydrogens (tertiary/aromatic N) is 4. The summed E-state index contributed by atoms with van der Waals surface area (Å²) >= 11 is 0. The summed E-state index contributed by atoms with van der Waals surface area (Å²) in [6.07, 6.45) is 5.81. The third-order valence-corrected chi connectivity index (χ3v) is 7.98. The van der Waals surface area contributed by atoms with Crippen LogP contribution in [0.5, 0.6) is 5.75 Å². The summed E-state index contributed by atoms with van der Waals surface area (Å²) < 4.78 is 7.59. The normalized spacial score (nSPS) is 11.3. The van der Waals surface area contributed by atoms with Gasteiger partial charge in [-0.15, -0.1) is 0 Å². The Kier molecular flexibility index (Phi) is 7.27. The van der Waals surface area contributed by atoms with Crippen molar-refractivity contribution in [1.29, 1.82) is 0 Å². The second-order valence-electron chi connectivity index (χ2n) is 10.5. The Labute approximate surface area is 257 Å². The summed E-state index contributed by atoms with van der Waals surface area (Å²) in [5.41, 5.74) is 7.92. The second-order valence-corrected chi connectivity index (χ2v) is 10.5. The van der Waals surface area contributed by atoms with Crippen LogP contribution in [-0.4, -0.2) is 26.9 Å². The predicted octanol–water partition coefficient (Wildman–Crippen LogP) is 8.52. The molecule has 0 amide bonds. The summed E-state index contributed by atoms with van der Waals surface area (Å²) in [7, 11) is 1.68. The van der Waals surface area contributed by atoms with E-state index in [1.807, 2.05) is 60.9 Å². The molecule has 5 nitrogen and oxygen atoms in total. The molecule has 0 saturated carbocycles. The minimum atomic E-state index is -0.756. The molecule has 0 atom stereocenters. The molecule has 0 saturated heterocycles. The maximum atomic E-state index is 5.49. The summed E-state index contributed by atoms with van der Waals surface area (Å²) in [6.45, 7) is 0. The van der Waals surface area contributed by atoms with Crippen molar-refractivity contribution in [2.24, 2.45) is 0 Å². The van der Waals surface area contributed by atoms with Gasteiger partial charge in [0.15, 0.2) is 0 Å². The Morgan fingerprint density at radius 2 is 1.16 bits per heavy atom. The molecule has 0 aliphatic rings. The molecule has 0 unspecified atom stereocenters. The molecule has 0 radical (unpaired) electrons. The van der Waals surface area contributed by atoms with Crippen molar-refractivity contribution >= 4 is 0 Å². The number of hydrogen-bond donors (Lipinski definition) is 0. The molecule has 7 rings (SSSR count). The van der Waals surface area contributed by atoms with Crippen molar-refractivity contribution < 1.29 is 4.74 Å². The number of pyridine rings is 2. The predicted molar refractivity (Wildman–Crippen MR) is 175 cm³/mol. The fraction of sp³-hybridized carbons (Fsp3) is 0.0513. The summed E-state index contributed by atoms with van der Waals surface area (Å²) in [5.74, 6) is 0.787. The summed E-state index contributed by atoms with van der Waals surface area (Å²) in [5, 5.41) is 5.40. The molecule has 0 aliphatic carbocycles. The van der Waals surface area contributed by atoms with E-state index in [1.54, 1.807) is 7.11 Å². The maximum Gasteiger partial charge on any atom is 0.138 e. The SMILES string of the molecule is COc1cccc(-c2cc(-c3cn(C(c4ccccc4)(c4ccccc4)c4ccccc4)nc3-c3ccccn3)ccn2)c1. The topological polar surface area (TPSA) is 52.8 Å². The van der Waals surface area contributed by atoms with E-state index in [1.165, 1.54) is 0 Å². The molecule has 7 aromatic rings. The van der Waals surface area contributed by atoms with E-state index in [4.69, 9.17) is 19.8 Å². The van der Waals surface area contributed by atoms with Gasteiger partial charge in [0.2, 0.25) is 0 Å². The highest BCUT2D eigenvalue weighted by Gasteiger charge is 2.40. The van der Waals surface area contributed by atoms with Gasteiger partial charge in [-0.3, -0.25) is 14.6 Å². The van der Waals surface area contributed by atoms with E-state index in [2.05, 4.69) is 108 Å². The average molecular weight is 571 g/mol. The number of hydrogen-bond acceptors (Lipinski definition) is 4. The molecule has 0 spiro atoms. The van der Waals surface area contributed by atoms with Gasteiger partial charge in [-0.1, -0.05) is 109 Å². The Hall–Kier alpha value is -5.81. The molecule has 44 heavy (non-hydrogen) atoms. The lowest BCUT2D eigenvalue weighted by Gasteiger charge is -2.36.